The van der Waals surface area contributed by atoms with Gasteiger partial charge in [-0.05, 0) is 37.3 Å². The highest BCUT2D eigenvalue weighted by Crippen LogP contribution is 2.44. The summed E-state index contributed by atoms with van der Waals surface area (Å²) in [4.78, 5) is 12.1. The molecule has 2 atom stereocenters. The zero-order valence-corrected chi connectivity index (χ0v) is 22.2. The summed E-state index contributed by atoms with van der Waals surface area (Å²) in [6, 6.07) is 3.95. The van der Waals surface area contributed by atoms with Crippen LogP contribution in [0.4, 0.5) is 32.0 Å². The van der Waals surface area contributed by atoms with E-state index in [2.05, 4.69) is 14.9 Å². The number of anilines is 1. The second-order valence-corrected chi connectivity index (χ2v) is 11.9. The minimum Gasteiger partial charge on any atom is -0.466 e. The molecule has 218 valence electrons. The van der Waals surface area contributed by atoms with Gasteiger partial charge in [0.2, 0.25) is 12.3 Å². The molecule has 40 heavy (non-hydrogen) atoms. The van der Waals surface area contributed by atoms with Crippen molar-refractivity contribution in [3.8, 4) is 11.5 Å². The van der Waals surface area contributed by atoms with Crippen LogP contribution in [0.15, 0.2) is 45.4 Å². The van der Waals surface area contributed by atoms with Gasteiger partial charge in [-0.15, -0.1) is 21.5 Å². The lowest BCUT2D eigenvalue weighted by Gasteiger charge is -2.40. The third-order valence-corrected chi connectivity index (χ3v) is 9.88. The monoisotopic (exact) mass is 614 g/mol. The van der Waals surface area contributed by atoms with Gasteiger partial charge < -0.3 is 19.2 Å². The fourth-order valence-electron chi connectivity index (χ4n) is 4.26. The maximum Gasteiger partial charge on any atom is 0.433 e. The van der Waals surface area contributed by atoms with Crippen LogP contribution in [0.2, 0.25) is 0 Å². The number of carbonyl (C=O) groups excluding carboxylic acids is 1. The third kappa shape index (κ3) is 5.15. The second-order valence-electron chi connectivity index (χ2n) is 8.70. The topological polar surface area (TPSA) is 126 Å². The van der Waals surface area contributed by atoms with Crippen LogP contribution in [0.5, 0.6) is 0 Å². The summed E-state index contributed by atoms with van der Waals surface area (Å²) >= 11 is 0.0335. The van der Waals surface area contributed by atoms with E-state index in [1.807, 2.05) is 0 Å². The van der Waals surface area contributed by atoms with Crippen LogP contribution in [-0.4, -0.2) is 73.0 Å². The maximum absolute atomic E-state index is 13.9. The summed E-state index contributed by atoms with van der Waals surface area (Å²) in [6.07, 6.45) is -9.33. The molecule has 1 aliphatic heterocycles. The lowest BCUT2D eigenvalue weighted by Crippen LogP contribution is -2.54. The number of methoxy groups -OCH3 is 1. The van der Waals surface area contributed by atoms with Gasteiger partial charge in [0.25, 0.3) is 15.6 Å². The molecule has 1 aliphatic rings. The summed E-state index contributed by atoms with van der Waals surface area (Å²) in [5.41, 5.74) is -5.29. The Kier molecular flexibility index (Phi) is 7.67. The van der Waals surface area contributed by atoms with Gasteiger partial charge in [-0.25, -0.2) is 13.2 Å². The fourth-order valence-corrected chi connectivity index (χ4v) is 7.41. The number of hydrogen-bond donors (Lipinski definition) is 1. The Bertz CT molecular complexity index is 1490. The van der Waals surface area contributed by atoms with Crippen molar-refractivity contribution in [2.75, 3.05) is 31.6 Å². The molecule has 10 nitrogen and oxygen atoms in total. The molecule has 1 N–H and O–H groups in total. The highest BCUT2D eigenvalue weighted by Gasteiger charge is 2.63. The van der Waals surface area contributed by atoms with Gasteiger partial charge in [0.1, 0.15) is 4.21 Å². The molecule has 1 aromatic carbocycles. The number of halogens is 6. The van der Waals surface area contributed by atoms with E-state index in [0.717, 1.165) is 22.8 Å². The molecule has 0 saturated carbocycles. The van der Waals surface area contributed by atoms with Gasteiger partial charge >= 0.3 is 18.3 Å². The molecule has 1 saturated heterocycles. The smallest absolute Gasteiger partial charge is 0.433 e. The lowest BCUT2D eigenvalue weighted by molar-refractivity contribution is -0.265. The fraction of sp³-hybridized carbons (Fsp3) is 0.409. The van der Waals surface area contributed by atoms with E-state index in [0.29, 0.717) is 13.2 Å². The molecule has 0 bridgehead atoms. The molecule has 0 spiro atoms. The summed E-state index contributed by atoms with van der Waals surface area (Å²) in [5, 5.41) is 17.2. The van der Waals surface area contributed by atoms with Crippen LogP contribution in [0.1, 0.15) is 17.4 Å². The maximum atomic E-state index is 13.9. The number of aromatic nitrogens is 2. The molecule has 2 unspecified atom stereocenters. The highest BCUT2D eigenvalue weighted by atomic mass is 32.2. The van der Waals surface area contributed by atoms with Gasteiger partial charge in [0, 0.05) is 36.9 Å². The van der Waals surface area contributed by atoms with Crippen molar-refractivity contribution in [3.05, 3.63) is 47.2 Å². The molecule has 0 aliphatic carbocycles. The second kappa shape index (κ2) is 10.3. The SMILES string of the molecule is COC(=O)C(O)(c1ccc(S(=O)(=O)N2CCN(c3ccc(-c4nnco4)cc3C(F)(F)F)CC2C)s1)C(F)(F)F. The van der Waals surface area contributed by atoms with Crippen molar-refractivity contribution in [1.29, 1.82) is 0 Å². The predicted molar refractivity (Wildman–Crippen MR) is 127 cm³/mol. The Labute approximate surface area is 226 Å². The molecule has 1 fully saturated rings. The van der Waals surface area contributed by atoms with E-state index in [9.17, 15) is 44.7 Å². The van der Waals surface area contributed by atoms with Gasteiger partial charge in [-0.3, -0.25) is 0 Å². The van der Waals surface area contributed by atoms with Gasteiger partial charge in [-0.1, -0.05) is 0 Å². The first kappa shape index (κ1) is 29.8. The number of hydrogen-bond acceptors (Lipinski definition) is 10. The molecular formula is C22H20F6N4O6S2. The predicted octanol–water partition coefficient (Wildman–Crippen LogP) is 3.64. The van der Waals surface area contributed by atoms with Gasteiger partial charge in [0.05, 0.1) is 17.6 Å². The zero-order chi connectivity index (χ0) is 29.7. The number of benzene rings is 1. The van der Waals surface area contributed by atoms with Crippen molar-refractivity contribution in [3.63, 3.8) is 0 Å². The van der Waals surface area contributed by atoms with Crippen molar-refractivity contribution in [1.82, 2.24) is 14.5 Å². The van der Waals surface area contributed by atoms with E-state index in [4.69, 9.17) is 4.42 Å². The average Bonchev–Trinajstić information content (AvgIpc) is 3.59. The quantitative estimate of drug-likeness (QED) is 0.327. The number of carbonyl (C=O) groups is 1. The van der Waals surface area contributed by atoms with Crippen LogP contribution in [-0.2, 0) is 31.3 Å². The van der Waals surface area contributed by atoms with Crippen molar-refractivity contribution in [2.24, 2.45) is 0 Å². The zero-order valence-electron chi connectivity index (χ0n) is 20.5. The van der Waals surface area contributed by atoms with Crippen molar-refractivity contribution >= 4 is 33.0 Å². The van der Waals surface area contributed by atoms with Gasteiger partial charge in [-0.2, -0.15) is 30.6 Å². The molecule has 0 radical (unpaired) electrons. The number of ether oxygens (including phenoxy) is 1. The Morgan fingerprint density at radius 2 is 1.85 bits per heavy atom. The van der Waals surface area contributed by atoms with Crippen molar-refractivity contribution < 1.29 is 53.8 Å². The number of esters is 1. The molecule has 18 heteroatoms. The summed E-state index contributed by atoms with van der Waals surface area (Å²) in [5.74, 6) is -2.17. The minimum atomic E-state index is -5.51. The molecule has 3 heterocycles. The first-order valence-corrected chi connectivity index (χ1v) is 13.5. The number of sulfonamides is 1. The van der Waals surface area contributed by atoms with Crippen molar-refractivity contribution in [2.45, 2.75) is 35.1 Å². The van der Waals surface area contributed by atoms with Crippen LogP contribution in [0, 0.1) is 0 Å². The molecule has 0 amide bonds. The largest absolute Gasteiger partial charge is 0.466 e. The van der Waals surface area contributed by atoms with Crippen LogP contribution < -0.4 is 4.90 Å². The van der Waals surface area contributed by atoms with E-state index < -0.39 is 54.6 Å². The van der Waals surface area contributed by atoms with Crippen LogP contribution in [0.3, 0.4) is 0 Å². The van der Waals surface area contributed by atoms with Crippen LogP contribution in [0.25, 0.3) is 11.5 Å². The average molecular weight is 615 g/mol. The highest BCUT2D eigenvalue weighted by molar-refractivity contribution is 7.91. The number of thiophene rings is 1. The standard InChI is InChI=1S/C22H20F6N4O6S2/c1-12-10-31(15-4-3-13(18-30-29-11-38-18)9-14(15)21(23,24)25)7-8-32(12)40(35,36)17-6-5-16(39-17)20(34,19(33)37-2)22(26,27)28/h3-6,9,11-12,34H,7-8,10H2,1-2H3. The first-order chi connectivity index (χ1) is 18.5. The molecule has 3 aromatic rings. The number of aliphatic hydroxyl groups is 1. The van der Waals surface area contributed by atoms with E-state index >= 15 is 0 Å². The normalized spacial score (nSPS) is 18.9. The van der Waals surface area contributed by atoms with Crippen LogP contribution >= 0.6 is 11.3 Å². The molecular weight excluding hydrogens is 594 g/mol. The summed E-state index contributed by atoms with van der Waals surface area (Å²) in [7, 11) is -3.83. The Hall–Kier alpha value is -3.22. The lowest BCUT2D eigenvalue weighted by atomic mass is 10.0. The minimum absolute atomic E-state index is 0.0297. The number of alkyl halides is 6. The third-order valence-electron chi connectivity index (χ3n) is 6.21. The Morgan fingerprint density at radius 3 is 2.40 bits per heavy atom. The van der Waals surface area contributed by atoms with Gasteiger partial charge in [0.15, 0.2) is 0 Å². The first-order valence-electron chi connectivity index (χ1n) is 11.2. The Morgan fingerprint density at radius 1 is 1.15 bits per heavy atom. The number of nitrogens with zero attached hydrogens (tertiary/aromatic N) is 4. The Balaban J connectivity index is 1.60. The number of piperazine rings is 1. The van der Waals surface area contributed by atoms with E-state index in [1.165, 1.54) is 24.0 Å². The summed E-state index contributed by atoms with van der Waals surface area (Å²) in [6.45, 7) is 0.757. The van der Waals surface area contributed by atoms with E-state index in [-0.39, 0.29) is 48.1 Å². The molecule has 2 aromatic heterocycles. The number of rotatable bonds is 6. The van der Waals surface area contributed by atoms with E-state index in [1.54, 1.807) is 0 Å². The summed E-state index contributed by atoms with van der Waals surface area (Å²) < 4.78 is 119. The molecule has 4 rings (SSSR count).